The van der Waals surface area contributed by atoms with E-state index in [0.29, 0.717) is 0 Å². The van der Waals surface area contributed by atoms with E-state index in [1.807, 2.05) is 34.0 Å². The van der Waals surface area contributed by atoms with Gasteiger partial charge in [-0.05, 0) is 165 Å². The average molecular weight is 1490 g/mol. The summed E-state index contributed by atoms with van der Waals surface area (Å²) in [7, 11) is 0. The van der Waals surface area contributed by atoms with Crippen LogP contribution in [-0.4, -0.2) is 13.4 Å². The molecule has 0 atom stereocenters. The molecule has 7 heterocycles. The van der Waals surface area contributed by atoms with E-state index < -0.39 is 0 Å². The summed E-state index contributed by atoms with van der Waals surface area (Å²) < 4.78 is 15.7. The molecule has 113 heavy (non-hydrogen) atoms. The topological polar surface area (TPSA) is 25.4 Å². The van der Waals surface area contributed by atoms with Crippen LogP contribution >= 0.6 is 34.0 Å². The summed E-state index contributed by atoms with van der Waals surface area (Å²) in [6, 6.07) is 142. The molecular formula is C102H63B2N5OS3. The molecule has 17 aromatic carbocycles. The van der Waals surface area contributed by atoms with Crippen LogP contribution in [-0.2, 0) is 0 Å². The Morgan fingerprint density at radius 3 is 1.21 bits per heavy atom. The molecule has 4 aliphatic heterocycles. The Kier molecular flexibility index (Phi) is 14.5. The van der Waals surface area contributed by atoms with Crippen molar-refractivity contribution in [3.05, 3.63) is 382 Å². The van der Waals surface area contributed by atoms with Crippen molar-refractivity contribution in [2.45, 2.75) is 0 Å². The van der Waals surface area contributed by atoms with Gasteiger partial charge in [0.15, 0.2) is 0 Å². The van der Waals surface area contributed by atoms with Gasteiger partial charge >= 0.3 is 0 Å². The van der Waals surface area contributed by atoms with Crippen LogP contribution in [0.2, 0.25) is 0 Å². The number of anilines is 15. The lowest BCUT2D eigenvalue weighted by atomic mass is 9.30. The molecule has 0 aliphatic carbocycles. The molecule has 0 bridgehead atoms. The maximum absolute atomic E-state index is 8.17. The van der Waals surface area contributed by atoms with Crippen molar-refractivity contribution in [3.8, 4) is 33.8 Å². The van der Waals surface area contributed by atoms with Crippen molar-refractivity contribution in [1.29, 1.82) is 0 Å². The molecule has 0 unspecified atom stereocenters. The Hall–Kier alpha value is -13.7. The Balaban J connectivity index is 0.799. The molecule has 3 aromatic heterocycles. The van der Waals surface area contributed by atoms with Gasteiger partial charge in [-0.25, -0.2) is 0 Å². The van der Waals surface area contributed by atoms with Crippen molar-refractivity contribution in [3.63, 3.8) is 0 Å². The van der Waals surface area contributed by atoms with Crippen LogP contribution in [0.4, 0.5) is 85.3 Å². The third-order valence-corrected chi connectivity index (χ3v) is 27.0. The van der Waals surface area contributed by atoms with E-state index in [1.165, 1.54) is 82.4 Å². The van der Waals surface area contributed by atoms with Crippen molar-refractivity contribution < 1.29 is 4.74 Å². The first-order valence-corrected chi connectivity index (χ1v) is 41.0. The fourth-order valence-electron chi connectivity index (χ4n) is 19.0. The summed E-state index contributed by atoms with van der Waals surface area (Å²) in [6.45, 7) is -0.528. The quantitative estimate of drug-likeness (QED) is 0.120. The molecule has 24 rings (SSSR count). The van der Waals surface area contributed by atoms with Gasteiger partial charge in [0, 0.05) is 135 Å². The largest absolute Gasteiger partial charge is 0.458 e. The molecule has 0 saturated heterocycles. The van der Waals surface area contributed by atoms with E-state index in [1.54, 1.807) is 0 Å². The number of nitrogens with zero attached hydrogens (tertiary/aromatic N) is 5. The second-order valence-electron chi connectivity index (χ2n) is 29.7. The fourth-order valence-corrected chi connectivity index (χ4v) is 22.4. The molecule has 0 N–H and O–H groups in total. The van der Waals surface area contributed by atoms with Gasteiger partial charge in [0.25, 0.3) is 13.4 Å². The van der Waals surface area contributed by atoms with Crippen molar-refractivity contribution in [2.24, 2.45) is 0 Å². The molecule has 0 saturated carbocycles. The molecule has 4 aliphatic rings. The molecule has 0 radical (unpaired) electrons. The van der Waals surface area contributed by atoms with Gasteiger partial charge in [-0.3, -0.25) is 0 Å². The van der Waals surface area contributed by atoms with E-state index >= 15 is 0 Å². The van der Waals surface area contributed by atoms with Gasteiger partial charge < -0.3 is 29.2 Å². The van der Waals surface area contributed by atoms with Gasteiger partial charge in [-0.1, -0.05) is 249 Å². The molecule has 20 aromatic rings. The monoisotopic (exact) mass is 1490 g/mol. The molecule has 0 fully saturated rings. The summed E-state index contributed by atoms with van der Waals surface area (Å²) in [5.41, 5.74) is 27.7. The molecule has 0 amide bonds. The van der Waals surface area contributed by atoms with Gasteiger partial charge in [0.1, 0.15) is 11.5 Å². The van der Waals surface area contributed by atoms with E-state index in [-0.39, 0.29) is 13.4 Å². The van der Waals surface area contributed by atoms with E-state index in [4.69, 9.17) is 4.74 Å². The standard InChI is InChI=1S/C102H63B2N5OS3/c1-6-30-64(31-7-1)71-43-26-44-72(65-32-8-2-9-33-65)102(71)106(67-36-12-4-13-37-67)70-60-88-101-90(61-70)110-89-63-85-78(62-79(89)104(101)77-46-20-22-48-81(77)109(88)84-51-29-57-96-99(84)75-42-18-25-54-93(75)113-96)103-76-45-19-21-47-80(76)108(83-50-28-56-95-98(83)74-41-17-24-53-92(74)112-95)87-59-69(58-86(100(87)103)107(85)68-38-14-5-15-39-68)105(66-34-10-3-11-35-66)82-49-27-55-94-97(82)73-40-16-23-52-91(73)111-94/h1-63H. The van der Waals surface area contributed by atoms with Crippen LogP contribution in [0.15, 0.2) is 382 Å². The smallest absolute Gasteiger partial charge is 0.256 e. The highest BCUT2D eigenvalue weighted by atomic mass is 32.1. The predicted octanol–water partition coefficient (Wildman–Crippen LogP) is 25.6. The highest BCUT2D eigenvalue weighted by molar-refractivity contribution is 7.26. The predicted molar refractivity (Wildman–Crippen MR) is 485 cm³/mol. The third kappa shape index (κ3) is 9.79. The Labute approximate surface area is 666 Å². The van der Waals surface area contributed by atoms with Gasteiger partial charge in [-0.15, -0.1) is 34.0 Å². The van der Waals surface area contributed by atoms with Crippen molar-refractivity contribution in [2.75, 3.05) is 24.5 Å². The number of benzene rings is 17. The lowest BCUT2D eigenvalue weighted by Gasteiger charge is -2.46. The minimum Gasteiger partial charge on any atom is -0.458 e. The molecule has 6 nitrogen and oxygen atoms in total. The number of rotatable bonds is 11. The highest BCUT2D eigenvalue weighted by Gasteiger charge is 2.49. The Morgan fingerprint density at radius 2 is 0.655 bits per heavy atom. The fraction of sp³-hybridized carbons (Fsp3) is 0. The maximum Gasteiger partial charge on any atom is 0.256 e. The van der Waals surface area contributed by atoms with Crippen LogP contribution in [0.1, 0.15) is 0 Å². The number of para-hydroxylation sites is 6. The van der Waals surface area contributed by atoms with E-state index in [0.717, 1.165) is 130 Å². The summed E-state index contributed by atoms with van der Waals surface area (Å²) in [5.74, 6) is 1.61. The second-order valence-corrected chi connectivity index (χ2v) is 32.9. The second kappa shape index (κ2) is 25.4. The van der Waals surface area contributed by atoms with Crippen molar-refractivity contribution in [1.82, 2.24) is 0 Å². The normalized spacial score (nSPS) is 12.9. The maximum atomic E-state index is 8.17. The third-order valence-electron chi connectivity index (χ3n) is 23.6. The summed E-state index contributed by atoms with van der Waals surface area (Å²) in [4.78, 5) is 12.8. The number of hydrogen-bond donors (Lipinski definition) is 0. The van der Waals surface area contributed by atoms with Gasteiger partial charge in [0.05, 0.1) is 34.1 Å². The van der Waals surface area contributed by atoms with Gasteiger partial charge in [0.2, 0.25) is 0 Å². The molecule has 0 spiro atoms. The van der Waals surface area contributed by atoms with E-state index in [2.05, 4.69) is 407 Å². The van der Waals surface area contributed by atoms with Crippen LogP contribution in [0, 0.1) is 0 Å². The van der Waals surface area contributed by atoms with Crippen LogP contribution < -0.4 is 62.0 Å². The minimum absolute atomic E-state index is 0.249. The summed E-state index contributed by atoms with van der Waals surface area (Å²) in [6.07, 6.45) is 0. The lowest BCUT2D eigenvalue weighted by Crippen LogP contribution is -2.64. The molecule has 11 heteroatoms. The number of ether oxygens (including phenoxy) is 1. The zero-order valence-electron chi connectivity index (χ0n) is 60.9. The molecular weight excluding hydrogens is 1430 g/mol. The first-order chi connectivity index (χ1) is 56.1. The average Bonchev–Trinajstić information content (AvgIpc) is 1.45. The zero-order chi connectivity index (χ0) is 73.9. The van der Waals surface area contributed by atoms with Crippen molar-refractivity contribution >= 4 is 226 Å². The van der Waals surface area contributed by atoms with Crippen LogP contribution in [0.5, 0.6) is 11.5 Å². The number of hydrogen-bond acceptors (Lipinski definition) is 9. The molecule has 526 valence electrons. The summed E-state index contributed by atoms with van der Waals surface area (Å²) >= 11 is 5.58. The zero-order valence-corrected chi connectivity index (χ0v) is 63.3. The van der Waals surface area contributed by atoms with Gasteiger partial charge in [-0.2, -0.15) is 0 Å². The first-order valence-electron chi connectivity index (χ1n) is 38.6. The number of fused-ring (bicyclic) bond motifs is 17. The number of thiophene rings is 3. The SMILES string of the molecule is c1ccc(-c2cccc(-c3ccccc3)c2N(c2ccccc2)c2cc3c4c(c2)N(c2cccc5sc6ccccc6c25)c2ccccc2B4c2cc4c(cc2O3)N(c2ccccc2)c2cc(N(c3ccccc3)c3cccc5sc6ccccc6c35)cc3c2B4c2ccccc2N3c2cccc3sc4ccccc4c23)cc1. The first kappa shape index (κ1) is 64.2. The van der Waals surface area contributed by atoms with Crippen LogP contribution in [0.25, 0.3) is 82.8 Å². The Bertz CT molecular complexity index is 7240. The van der Waals surface area contributed by atoms with Crippen LogP contribution in [0.3, 0.4) is 0 Å². The minimum atomic E-state index is -0.279. The highest BCUT2D eigenvalue weighted by Crippen LogP contribution is 2.56. The Morgan fingerprint density at radius 1 is 0.248 bits per heavy atom. The summed E-state index contributed by atoms with van der Waals surface area (Å²) in [5, 5.41) is 7.42. The van der Waals surface area contributed by atoms with E-state index in [9.17, 15) is 0 Å². The lowest BCUT2D eigenvalue weighted by molar-refractivity contribution is 0.488.